The average Bonchev–Trinajstić information content (AvgIpc) is 1.96. The first kappa shape index (κ1) is 15.0. The summed E-state index contributed by atoms with van der Waals surface area (Å²) in [6, 6.07) is 0. The lowest BCUT2D eigenvalue weighted by Gasteiger charge is -2.14. The van der Waals surface area contributed by atoms with Gasteiger partial charge >= 0.3 is 19.3 Å². The average molecular weight is 280 g/mol. The summed E-state index contributed by atoms with van der Waals surface area (Å²) >= 11 is 4.66. The highest BCUT2D eigenvalue weighted by Gasteiger charge is 2.37. The SMILES string of the molecule is O=P(Cl)(OCC(F)(F)F)OCC(F)(F)F. The Kier molecular flexibility index (Phi) is 4.91. The van der Waals surface area contributed by atoms with Crippen LogP contribution < -0.4 is 0 Å². The number of alkyl halides is 6. The second kappa shape index (κ2) is 4.90. The van der Waals surface area contributed by atoms with Crippen molar-refractivity contribution >= 4 is 18.2 Å². The molecule has 3 nitrogen and oxygen atoms in total. The van der Waals surface area contributed by atoms with Crippen molar-refractivity contribution < 1.29 is 40.0 Å². The third-order valence-electron chi connectivity index (χ3n) is 0.765. The van der Waals surface area contributed by atoms with Crippen molar-refractivity contribution in [2.75, 3.05) is 13.2 Å². The first-order valence-electron chi connectivity index (χ1n) is 3.14. The van der Waals surface area contributed by atoms with E-state index in [1.807, 2.05) is 0 Å². The molecule has 0 aliphatic carbocycles. The van der Waals surface area contributed by atoms with Crippen LogP contribution in [0.5, 0.6) is 0 Å². The van der Waals surface area contributed by atoms with E-state index in [-0.39, 0.29) is 0 Å². The monoisotopic (exact) mass is 280 g/mol. The Labute approximate surface area is 84.6 Å². The molecule has 0 bridgehead atoms. The molecule has 0 spiro atoms. The summed E-state index contributed by atoms with van der Waals surface area (Å²) in [6.07, 6.45) is -9.71. The van der Waals surface area contributed by atoms with Crippen LogP contribution in [0.1, 0.15) is 0 Å². The molecular weight excluding hydrogens is 276 g/mol. The zero-order chi connectivity index (χ0) is 12.3. The summed E-state index contributed by atoms with van der Waals surface area (Å²) in [6.45, 7) is -8.95. The van der Waals surface area contributed by atoms with Gasteiger partial charge in [0, 0.05) is 11.2 Å². The first-order valence-corrected chi connectivity index (χ1v) is 5.58. The van der Waals surface area contributed by atoms with Gasteiger partial charge in [0.1, 0.15) is 0 Å². The lowest BCUT2D eigenvalue weighted by molar-refractivity contribution is -0.164. The van der Waals surface area contributed by atoms with E-state index in [4.69, 9.17) is 0 Å². The molecule has 0 aliphatic heterocycles. The summed E-state index contributed by atoms with van der Waals surface area (Å²) < 4.78 is 86.4. The maximum absolute atomic E-state index is 11.5. The molecule has 0 amide bonds. The van der Waals surface area contributed by atoms with Crippen LogP contribution in [0.2, 0.25) is 0 Å². The third kappa shape index (κ3) is 10.3. The molecular formula is C4H4ClF6O3P. The summed E-state index contributed by atoms with van der Waals surface area (Å²) in [5.74, 6) is 0. The third-order valence-corrected chi connectivity index (χ3v) is 2.23. The van der Waals surface area contributed by atoms with E-state index in [1.165, 1.54) is 0 Å². The summed E-state index contributed by atoms with van der Waals surface area (Å²) in [5, 5.41) is 0. The van der Waals surface area contributed by atoms with Crippen LogP contribution in [0.25, 0.3) is 0 Å². The first-order chi connectivity index (χ1) is 6.41. The van der Waals surface area contributed by atoms with Crippen molar-refractivity contribution in [1.82, 2.24) is 0 Å². The summed E-state index contributed by atoms with van der Waals surface area (Å²) in [5.41, 5.74) is 0. The minimum atomic E-state index is -4.86. The molecule has 0 saturated heterocycles. The highest BCUT2D eigenvalue weighted by molar-refractivity contribution is 7.81. The molecule has 92 valence electrons. The molecule has 0 saturated carbocycles. The number of hydrogen-bond donors (Lipinski definition) is 0. The maximum atomic E-state index is 11.5. The van der Waals surface area contributed by atoms with Crippen molar-refractivity contribution in [3.63, 3.8) is 0 Å². The van der Waals surface area contributed by atoms with Crippen LogP contribution in [0.3, 0.4) is 0 Å². The lowest BCUT2D eigenvalue weighted by Crippen LogP contribution is -2.18. The fourth-order valence-electron chi connectivity index (χ4n) is 0.338. The van der Waals surface area contributed by atoms with Crippen LogP contribution in [0, 0.1) is 0 Å². The summed E-state index contributed by atoms with van der Waals surface area (Å²) in [7, 11) is 0. The topological polar surface area (TPSA) is 35.5 Å². The van der Waals surface area contributed by atoms with Gasteiger partial charge in [-0.2, -0.15) is 26.3 Å². The van der Waals surface area contributed by atoms with E-state index in [0.717, 1.165) is 0 Å². The second-order valence-corrected chi connectivity index (χ2v) is 4.83. The van der Waals surface area contributed by atoms with Crippen LogP contribution >= 0.6 is 18.2 Å². The molecule has 0 aromatic rings. The van der Waals surface area contributed by atoms with Crippen LogP contribution in [-0.2, 0) is 13.6 Å². The highest BCUT2D eigenvalue weighted by atomic mass is 35.7. The Morgan fingerprint density at radius 3 is 1.40 bits per heavy atom. The van der Waals surface area contributed by atoms with Crippen LogP contribution in [0.4, 0.5) is 26.3 Å². The fourth-order valence-corrected chi connectivity index (χ4v) is 1.31. The van der Waals surface area contributed by atoms with Gasteiger partial charge in [-0.1, -0.05) is 0 Å². The minimum Gasteiger partial charge on any atom is -0.287 e. The number of hydrogen-bond acceptors (Lipinski definition) is 3. The predicted octanol–water partition coefficient (Wildman–Crippen LogP) is 3.49. The molecule has 0 unspecified atom stereocenters. The molecule has 0 aromatic carbocycles. The van der Waals surface area contributed by atoms with Gasteiger partial charge in [0.05, 0.1) is 0 Å². The van der Waals surface area contributed by atoms with E-state index in [0.29, 0.717) is 0 Å². The smallest absolute Gasteiger partial charge is 0.287 e. The maximum Gasteiger partial charge on any atom is 0.424 e. The predicted molar refractivity (Wildman–Crippen MR) is 37.5 cm³/mol. The number of halogens is 7. The Bertz CT molecular complexity index is 228. The summed E-state index contributed by atoms with van der Waals surface area (Å²) in [4.78, 5) is 0. The van der Waals surface area contributed by atoms with Gasteiger partial charge in [-0.05, 0) is 0 Å². The molecule has 15 heavy (non-hydrogen) atoms. The minimum absolute atomic E-state index is 2.05. The van der Waals surface area contributed by atoms with Crippen molar-refractivity contribution in [1.29, 1.82) is 0 Å². The van der Waals surface area contributed by atoms with E-state index >= 15 is 0 Å². The van der Waals surface area contributed by atoms with Crippen molar-refractivity contribution in [3.05, 3.63) is 0 Å². The Morgan fingerprint density at radius 1 is 0.933 bits per heavy atom. The molecule has 0 radical (unpaired) electrons. The molecule has 11 heteroatoms. The highest BCUT2D eigenvalue weighted by Crippen LogP contribution is 2.54. The van der Waals surface area contributed by atoms with Gasteiger partial charge in [0.2, 0.25) is 0 Å². The van der Waals surface area contributed by atoms with E-state index in [9.17, 15) is 30.9 Å². The molecule has 0 fully saturated rings. The molecule has 0 aromatic heterocycles. The van der Waals surface area contributed by atoms with Crippen molar-refractivity contribution in [2.24, 2.45) is 0 Å². The normalized spacial score (nSPS) is 14.3. The molecule has 0 rings (SSSR count). The Morgan fingerprint density at radius 2 is 1.20 bits per heavy atom. The lowest BCUT2D eigenvalue weighted by atomic mass is 10.7. The quantitative estimate of drug-likeness (QED) is 0.584. The van der Waals surface area contributed by atoms with Gasteiger partial charge in [-0.3, -0.25) is 9.05 Å². The van der Waals surface area contributed by atoms with Gasteiger partial charge in [0.25, 0.3) is 0 Å². The van der Waals surface area contributed by atoms with Gasteiger partial charge in [-0.15, -0.1) is 0 Å². The van der Waals surface area contributed by atoms with Gasteiger partial charge in [-0.25, -0.2) is 4.57 Å². The van der Waals surface area contributed by atoms with Crippen molar-refractivity contribution in [3.8, 4) is 0 Å². The van der Waals surface area contributed by atoms with Crippen LogP contribution in [-0.4, -0.2) is 25.6 Å². The van der Waals surface area contributed by atoms with E-state index in [2.05, 4.69) is 20.3 Å². The standard InChI is InChI=1S/C4H4ClF6O3P/c5-15(12,13-1-3(6,7)8)14-2-4(9,10)11/h1-2H2. The Balaban J connectivity index is 4.04. The fraction of sp³-hybridized carbons (Fsp3) is 1.00. The van der Waals surface area contributed by atoms with E-state index < -0.39 is 32.5 Å². The molecule has 0 N–H and O–H groups in total. The van der Waals surface area contributed by atoms with Gasteiger partial charge < -0.3 is 0 Å². The molecule has 0 heterocycles. The van der Waals surface area contributed by atoms with Gasteiger partial charge in [0.15, 0.2) is 13.2 Å². The zero-order valence-electron chi connectivity index (χ0n) is 6.73. The second-order valence-electron chi connectivity index (χ2n) is 2.21. The van der Waals surface area contributed by atoms with Crippen molar-refractivity contribution in [2.45, 2.75) is 12.4 Å². The number of rotatable bonds is 4. The Hall–Kier alpha value is 0.0200. The molecule has 0 atom stereocenters. The van der Waals surface area contributed by atoms with E-state index in [1.54, 1.807) is 0 Å². The largest absolute Gasteiger partial charge is 0.424 e. The van der Waals surface area contributed by atoms with Crippen LogP contribution in [0.15, 0.2) is 0 Å². The molecule has 0 aliphatic rings. The zero-order valence-corrected chi connectivity index (χ0v) is 8.38.